The lowest BCUT2D eigenvalue weighted by Gasteiger charge is -2.07. The molecular weight excluding hydrogens is 275 g/mol. The van der Waals surface area contributed by atoms with Crippen LogP contribution in [-0.4, -0.2) is 21.5 Å². The van der Waals surface area contributed by atoms with Crippen LogP contribution in [0.1, 0.15) is 0 Å². The van der Waals surface area contributed by atoms with E-state index in [-0.39, 0.29) is 11.6 Å². The summed E-state index contributed by atoms with van der Waals surface area (Å²) in [4.78, 5) is 3.90. The number of imidazole rings is 1. The topological polar surface area (TPSA) is 27.1 Å². The molecule has 3 nitrogen and oxygen atoms in total. The van der Waals surface area contributed by atoms with Crippen LogP contribution in [-0.2, 0) is 0 Å². The molecule has 2 rings (SSSR count). The van der Waals surface area contributed by atoms with Crippen LogP contribution in [0.25, 0.3) is 5.69 Å². The van der Waals surface area contributed by atoms with Crippen LogP contribution in [0.2, 0.25) is 0 Å². The van der Waals surface area contributed by atoms with Gasteiger partial charge in [0.1, 0.15) is 0 Å². The fourth-order valence-corrected chi connectivity index (χ4v) is 1.49. The smallest absolute Gasteiger partial charge is 0.167 e. The average molecular weight is 285 g/mol. The number of nitrogens with zero attached hydrogens (tertiary/aromatic N) is 2. The van der Waals surface area contributed by atoms with E-state index < -0.39 is 0 Å². The predicted octanol–water partition coefficient (Wildman–Crippen LogP) is 2.79. The second-order valence-electron chi connectivity index (χ2n) is 3.12. The van der Waals surface area contributed by atoms with Crippen LogP contribution in [0, 0.1) is 5.82 Å². The minimum Gasteiger partial charge on any atom is -0.490 e. The Morgan fingerprint density at radius 1 is 1.44 bits per heavy atom. The molecule has 84 valence electrons. The van der Waals surface area contributed by atoms with Gasteiger partial charge in [-0.05, 0) is 12.1 Å². The van der Waals surface area contributed by atoms with Crippen molar-refractivity contribution in [2.75, 3.05) is 11.9 Å². The van der Waals surface area contributed by atoms with Crippen molar-refractivity contribution in [3.05, 3.63) is 42.7 Å². The molecule has 2 aromatic rings. The van der Waals surface area contributed by atoms with Gasteiger partial charge in [-0.1, -0.05) is 15.9 Å². The van der Waals surface area contributed by atoms with E-state index in [9.17, 15) is 4.39 Å². The first-order chi connectivity index (χ1) is 7.81. The molecule has 0 radical (unpaired) electrons. The molecule has 0 spiro atoms. The summed E-state index contributed by atoms with van der Waals surface area (Å²) in [5.41, 5.74) is 0.723. The number of ether oxygens (including phenoxy) is 1. The number of hydrogen-bond acceptors (Lipinski definition) is 2. The summed E-state index contributed by atoms with van der Waals surface area (Å²) in [5.74, 6) is -0.101. The van der Waals surface area contributed by atoms with E-state index in [0.29, 0.717) is 11.9 Å². The lowest BCUT2D eigenvalue weighted by molar-refractivity contribution is 0.326. The van der Waals surface area contributed by atoms with E-state index in [4.69, 9.17) is 4.74 Å². The van der Waals surface area contributed by atoms with Crippen LogP contribution in [0.3, 0.4) is 0 Å². The van der Waals surface area contributed by atoms with Crippen LogP contribution >= 0.6 is 15.9 Å². The SMILES string of the molecule is Fc1cc(-n2ccnc2)ccc1OCCBr. The maximum absolute atomic E-state index is 13.6. The van der Waals surface area contributed by atoms with Crippen LogP contribution in [0.15, 0.2) is 36.9 Å². The molecule has 1 aromatic carbocycles. The zero-order chi connectivity index (χ0) is 11.4. The molecule has 5 heteroatoms. The molecule has 0 aliphatic carbocycles. The molecule has 16 heavy (non-hydrogen) atoms. The zero-order valence-electron chi connectivity index (χ0n) is 8.44. The van der Waals surface area contributed by atoms with Crippen molar-refractivity contribution in [2.45, 2.75) is 0 Å². The maximum atomic E-state index is 13.6. The molecular formula is C11H10BrFN2O. The summed E-state index contributed by atoms with van der Waals surface area (Å²) in [7, 11) is 0. The Labute approximate surface area is 101 Å². The molecule has 0 unspecified atom stereocenters. The predicted molar refractivity (Wildman–Crippen MR) is 62.8 cm³/mol. The van der Waals surface area contributed by atoms with E-state index >= 15 is 0 Å². The molecule has 0 N–H and O–H groups in total. The quantitative estimate of drug-likeness (QED) is 0.808. The fraction of sp³-hybridized carbons (Fsp3) is 0.182. The van der Waals surface area contributed by atoms with Crippen molar-refractivity contribution in [3.63, 3.8) is 0 Å². The number of alkyl halides is 1. The maximum Gasteiger partial charge on any atom is 0.167 e. The van der Waals surface area contributed by atoms with Crippen molar-refractivity contribution in [1.82, 2.24) is 9.55 Å². The van der Waals surface area contributed by atoms with Crippen molar-refractivity contribution in [3.8, 4) is 11.4 Å². The lowest BCUT2D eigenvalue weighted by Crippen LogP contribution is -2.00. The summed E-state index contributed by atoms with van der Waals surface area (Å²) in [6.45, 7) is 0.446. The van der Waals surface area contributed by atoms with Gasteiger partial charge in [-0.2, -0.15) is 0 Å². The highest BCUT2D eigenvalue weighted by Crippen LogP contribution is 2.20. The van der Waals surface area contributed by atoms with E-state index in [0.717, 1.165) is 5.69 Å². The van der Waals surface area contributed by atoms with Gasteiger partial charge in [0.2, 0.25) is 0 Å². The summed E-state index contributed by atoms with van der Waals surface area (Å²) in [6, 6.07) is 4.83. The van der Waals surface area contributed by atoms with Gasteiger partial charge in [-0.15, -0.1) is 0 Å². The molecule has 0 saturated carbocycles. The van der Waals surface area contributed by atoms with Crippen molar-refractivity contribution < 1.29 is 9.13 Å². The van der Waals surface area contributed by atoms with E-state index in [1.807, 2.05) is 0 Å². The molecule has 0 aliphatic rings. The molecule has 1 heterocycles. The van der Waals surface area contributed by atoms with Gasteiger partial charge in [0.05, 0.1) is 12.9 Å². The molecule has 0 saturated heterocycles. The highest BCUT2D eigenvalue weighted by Gasteiger charge is 2.05. The van der Waals surface area contributed by atoms with Gasteiger partial charge < -0.3 is 9.30 Å². The monoisotopic (exact) mass is 284 g/mol. The zero-order valence-corrected chi connectivity index (χ0v) is 10.0. The number of halogens is 2. The van der Waals surface area contributed by atoms with Crippen LogP contribution in [0.5, 0.6) is 5.75 Å². The van der Waals surface area contributed by atoms with E-state index in [1.165, 1.54) is 6.07 Å². The first kappa shape index (κ1) is 11.1. The van der Waals surface area contributed by atoms with Crippen molar-refractivity contribution in [2.24, 2.45) is 0 Å². The first-order valence-corrected chi connectivity index (χ1v) is 5.90. The number of aromatic nitrogens is 2. The largest absolute Gasteiger partial charge is 0.490 e. The number of rotatable bonds is 4. The molecule has 0 fully saturated rings. The van der Waals surface area contributed by atoms with Gasteiger partial charge in [-0.25, -0.2) is 9.37 Å². The second-order valence-corrected chi connectivity index (χ2v) is 3.92. The Morgan fingerprint density at radius 3 is 2.94 bits per heavy atom. The number of hydrogen-bond donors (Lipinski definition) is 0. The minimum absolute atomic E-state index is 0.267. The molecule has 0 aliphatic heterocycles. The Kier molecular flexibility index (Phi) is 3.56. The summed E-state index contributed by atoms with van der Waals surface area (Å²) < 4.78 is 20.5. The standard InChI is InChI=1S/C11H10BrFN2O/c12-3-6-16-11-2-1-9(7-10(11)13)15-5-4-14-8-15/h1-2,4-5,7-8H,3,6H2. The minimum atomic E-state index is -0.368. The molecule has 0 bridgehead atoms. The summed E-state index contributed by atoms with van der Waals surface area (Å²) in [6.07, 6.45) is 5.02. The van der Waals surface area contributed by atoms with Gasteiger partial charge in [0, 0.05) is 29.5 Å². The molecule has 0 atom stereocenters. The lowest BCUT2D eigenvalue weighted by atomic mass is 10.3. The highest BCUT2D eigenvalue weighted by atomic mass is 79.9. The second kappa shape index (κ2) is 5.12. The molecule has 1 aromatic heterocycles. The van der Waals surface area contributed by atoms with Crippen LogP contribution in [0.4, 0.5) is 4.39 Å². The summed E-state index contributed by atoms with van der Waals surface area (Å²) >= 11 is 3.22. The normalized spacial score (nSPS) is 10.4. The Morgan fingerprint density at radius 2 is 2.31 bits per heavy atom. The van der Waals surface area contributed by atoms with Gasteiger partial charge >= 0.3 is 0 Å². The van der Waals surface area contributed by atoms with Gasteiger partial charge in [0.25, 0.3) is 0 Å². The van der Waals surface area contributed by atoms with E-state index in [1.54, 1.807) is 35.4 Å². The molecule has 0 amide bonds. The first-order valence-electron chi connectivity index (χ1n) is 4.78. The Hall–Kier alpha value is -1.36. The third-order valence-corrected chi connectivity index (χ3v) is 2.38. The summed E-state index contributed by atoms with van der Waals surface area (Å²) in [5, 5.41) is 0.676. The Bertz CT molecular complexity index is 459. The average Bonchev–Trinajstić information content (AvgIpc) is 2.81. The fourth-order valence-electron chi connectivity index (χ4n) is 1.33. The van der Waals surface area contributed by atoms with Crippen molar-refractivity contribution in [1.29, 1.82) is 0 Å². The third kappa shape index (κ3) is 2.41. The third-order valence-electron chi connectivity index (χ3n) is 2.05. The van der Waals surface area contributed by atoms with Crippen LogP contribution < -0.4 is 4.74 Å². The van der Waals surface area contributed by atoms with Gasteiger partial charge in [0.15, 0.2) is 11.6 Å². The van der Waals surface area contributed by atoms with Gasteiger partial charge in [-0.3, -0.25) is 0 Å². The Balaban J connectivity index is 2.23. The number of benzene rings is 1. The highest BCUT2D eigenvalue weighted by molar-refractivity contribution is 9.09. The van der Waals surface area contributed by atoms with E-state index in [2.05, 4.69) is 20.9 Å². The van der Waals surface area contributed by atoms with Crippen molar-refractivity contribution >= 4 is 15.9 Å².